The summed E-state index contributed by atoms with van der Waals surface area (Å²) in [5, 5.41) is 0. The van der Waals surface area contributed by atoms with Crippen LogP contribution in [0.4, 0.5) is 0 Å². The molecule has 0 unspecified atom stereocenters. The van der Waals surface area contributed by atoms with Crippen LogP contribution in [0.2, 0.25) is 0 Å². The van der Waals surface area contributed by atoms with Gasteiger partial charge in [0.1, 0.15) is 0 Å². The second kappa shape index (κ2) is 10.6. The Morgan fingerprint density at radius 1 is 0.633 bits per heavy atom. The van der Waals surface area contributed by atoms with Gasteiger partial charge in [0.25, 0.3) is 0 Å². The number of nitrogens with zero attached hydrogens (tertiary/aromatic N) is 2. The molecule has 30 heavy (non-hydrogen) atoms. The Kier molecular flexibility index (Phi) is 8.34. The quantitative estimate of drug-likeness (QED) is 0.206. The molecule has 0 saturated heterocycles. The summed E-state index contributed by atoms with van der Waals surface area (Å²) < 4.78 is 10.7. The molecular weight excluding hydrogens is 467 g/mol. The van der Waals surface area contributed by atoms with Crippen molar-refractivity contribution in [1.29, 1.82) is 0 Å². The summed E-state index contributed by atoms with van der Waals surface area (Å²) in [7, 11) is 0.380. The normalized spacial score (nSPS) is 46.4. The molecule has 0 aliphatic heterocycles. The standard InChI is InChI=1S/2C10H15N.C3H9P.C3H6.Mo/c2*11-10-8-2-6-1-7(4-8)5-9(10)3-6;1-4(2)3;1-3-2;/h2*6-10H,1-5H2;1-3H3;3H,1H2,2H3;. The van der Waals surface area contributed by atoms with E-state index in [2.05, 4.69) is 26.6 Å². The van der Waals surface area contributed by atoms with E-state index in [1.807, 2.05) is 6.92 Å². The minimum Gasteiger partial charge on any atom is -0.116 e. The van der Waals surface area contributed by atoms with Crippen molar-refractivity contribution in [3.05, 3.63) is 12.7 Å². The van der Waals surface area contributed by atoms with Crippen LogP contribution in [0.3, 0.4) is 0 Å². The van der Waals surface area contributed by atoms with Crippen LogP contribution in [0.25, 0.3) is 0 Å². The fourth-order valence-corrected chi connectivity index (χ4v) is 10.6. The molecule has 8 bridgehead atoms. The summed E-state index contributed by atoms with van der Waals surface area (Å²) in [6.07, 6.45) is 17.0. The number of hydrogen-bond donors (Lipinski definition) is 0. The van der Waals surface area contributed by atoms with Gasteiger partial charge in [-0.05, 0) is 26.9 Å². The average Bonchev–Trinajstić information content (AvgIpc) is 2.65. The van der Waals surface area contributed by atoms with Gasteiger partial charge in [-0.2, -0.15) is 0 Å². The van der Waals surface area contributed by atoms with Gasteiger partial charge in [-0.3, -0.25) is 0 Å². The minimum atomic E-state index is -0.424. The van der Waals surface area contributed by atoms with Crippen molar-refractivity contribution in [2.24, 2.45) is 54.3 Å². The molecule has 0 radical (unpaired) electrons. The molecule has 0 aromatic heterocycles. The SMILES string of the molecule is C1C2CC3CC1CC(C2)C3[N]=[Mo]=[N]C1C2CC3CC(C2)CC1C3.C=CC.CP(C)C. The fourth-order valence-electron chi connectivity index (χ4n) is 8.27. The molecule has 0 spiro atoms. The summed E-state index contributed by atoms with van der Waals surface area (Å²) in [6, 6.07) is 1.51. The second-order valence-corrected chi connectivity index (χ2v) is 16.0. The van der Waals surface area contributed by atoms with Crippen molar-refractivity contribution in [2.75, 3.05) is 20.0 Å². The van der Waals surface area contributed by atoms with Crippen LogP contribution in [0, 0.1) is 47.3 Å². The maximum absolute atomic E-state index is 5.34. The summed E-state index contributed by atoms with van der Waals surface area (Å²) in [5.74, 6) is 8.26. The minimum absolute atomic E-state index is 0.380. The van der Waals surface area contributed by atoms with E-state index in [4.69, 9.17) is 6.99 Å². The van der Waals surface area contributed by atoms with E-state index >= 15 is 0 Å². The van der Waals surface area contributed by atoms with Crippen molar-refractivity contribution in [3.8, 4) is 0 Å². The molecule has 8 rings (SSSR count). The number of hydrogen-bond acceptors (Lipinski definition) is 2. The predicted octanol–water partition coefficient (Wildman–Crippen LogP) is 7.64. The third-order valence-corrected chi connectivity index (χ3v) is 10.4. The predicted molar refractivity (Wildman–Crippen MR) is 127 cm³/mol. The molecule has 0 N–H and O–H groups in total. The summed E-state index contributed by atoms with van der Waals surface area (Å²) in [4.78, 5) is 0. The van der Waals surface area contributed by atoms with E-state index in [0.29, 0.717) is 7.92 Å². The molecule has 0 atom stereocenters. The first-order chi connectivity index (χ1) is 14.5. The number of rotatable bonds is 2. The molecule has 0 heterocycles. The largest absolute Gasteiger partial charge is 0.116 e. The van der Waals surface area contributed by atoms with Crippen LogP contribution in [0.5, 0.6) is 0 Å². The zero-order valence-corrected chi connectivity index (χ0v) is 22.8. The van der Waals surface area contributed by atoms with E-state index in [1.54, 1.807) is 18.9 Å². The van der Waals surface area contributed by atoms with Crippen LogP contribution in [0.1, 0.15) is 71.1 Å². The smallest absolute Gasteiger partial charge is 0.0449 e. The Morgan fingerprint density at radius 2 is 0.867 bits per heavy atom. The zero-order valence-electron chi connectivity index (χ0n) is 19.9. The van der Waals surface area contributed by atoms with Gasteiger partial charge in [0.15, 0.2) is 0 Å². The summed E-state index contributed by atoms with van der Waals surface area (Å²) in [6.45, 7) is 11.9. The fraction of sp³-hybridized carbons (Fsp3) is 0.923. The van der Waals surface area contributed by atoms with E-state index in [0.717, 1.165) is 59.4 Å². The summed E-state index contributed by atoms with van der Waals surface area (Å²) >= 11 is -0.424. The van der Waals surface area contributed by atoms with E-state index in [-0.39, 0.29) is 0 Å². The van der Waals surface area contributed by atoms with Crippen LogP contribution in [-0.4, -0.2) is 32.1 Å². The van der Waals surface area contributed by atoms with Crippen LogP contribution < -0.4 is 0 Å². The molecule has 0 amide bonds. The monoisotopic (exact) mass is 514 g/mol. The Balaban J connectivity index is 0.000000277. The zero-order chi connectivity index (χ0) is 21.3. The molecule has 8 saturated carbocycles. The third kappa shape index (κ3) is 5.50. The van der Waals surface area contributed by atoms with Crippen molar-refractivity contribution < 1.29 is 18.2 Å². The van der Waals surface area contributed by atoms with E-state index in [1.165, 1.54) is 51.4 Å². The van der Waals surface area contributed by atoms with Crippen molar-refractivity contribution in [1.82, 2.24) is 0 Å². The molecule has 8 fully saturated rings. The summed E-state index contributed by atoms with van der Waals surface area (Å²) in [5.41, 5.74) is 0. The molecule has 170 valence electrons. The molecule has 8 aliphatic carbocycles. The van der Waals surface area contributed by atoms with Gasteiger partial charge >= 0.3 is 149 Å². The Hall–Kier alpha value is 0.458. The van der Waals surface area contributed by atoms with Gasteiger partial charge in [0.2, 0.25) is 0 Å². The van der Waals surface area contributed by atoms with Crippen LogP contribution >= 0.6 is 7.92 Å². The Morgan fingerprint density at radius 3 is 1.10 bits per heavy atom. The molecule has 0 aromatic carbocycles. The van der Waals surface area contributed by atoms with Gasteiger partial charge in [-0.25, -0.2) is 0 Å². The molecule has 8 aliphatic rings. The maximum Gasteiger partial charge on any atom is -0.0449 e. The van der Waals surface area contributed by atoms with E-state index in [9.17, 15) is 0 Å². The van der Waals surface area contributed by atoms with Gasteiger partial charge in [0, 0.05) is 0 Å². The number of allylic oxidation sites excluding steroid dienone is 1. The third-order valence-electron chi connectivity index (χ3n) is 8.69. The van der Waals surface area contributed by atoms with E-state index < -0.39 is 18.2 Å². The average molecular weight is 513 g/mol. The molecule has 4 heteroatoms. The van der Waals surface area contributed by atoms with Crippen LogP contribution in [0.15, 0.2) is 19.6 Å². The second-order valence-electron chi connectivity index (χ2n) is 11.9. The van der Waals surface area contributed by atoms with Crippen molar-refractivity contribution in [3.63, 3.8) is 0 Å². The van der Waals surface area contributed by atoms with Crippen molar-refractivity contribution in [2.45, 2.75) is 83.2 Å². The molecule has 0 aromatic rings. The van der Waals surface area contributed by atoms with Gasteiger partial charge in [0.05, 0.1) is 0 Å². The Bertz CT molecular complexity index is 549. The molecular formula is C26H45MoN2P. The van der Waals surface area contributed by atoms with Gasteiger partial charge in [-0.15, -0.1) is 14.5 Å². The first-order valence-corrected chi connectivity index (χ1v) is 17.2. The first kappa shape index (κ1) is 23.6. The first-order valence-electron chi connectivity index (χ1n) is 12.7. The van der Waals surface area contributed by atoms with Gasteiger partial charge < -0.3 is 0 Å². The maximum atomic E-state index is 5.34. The Labute approximate surface area is 195 Å². The molecule has 2 nitrogen and oxygen atoms in total. The van der Waals surface area contributed by atoms with Crippen LogP contribution in [-0.2, 0) is 18.2 Å². The van der Waals surface area contributed by atoms with Gasteiger partial charge in [-0.1, -0.05) is 6.08 Å². The van der Waals surface area contributed by atoms with Crippen molar-refractivity contribution >= 4 is 7.92 Å². The topological polar surface area (TPSA) is 24.7 Å².